The molecule has 146 valence electrons. The van der Waals surface area contributed by atoms with Crippen LogP contribution >= 0.6 is 36.1 Å². The van der Waals surface area contributed by atoms with E-state index >= 15 is 0 Å². The van der Waals surface area contributed by atoms with Crippen LogP contribution in [0, 0.1) is 27.7 Å². The van der Waals surface area contributed by atoms with E-state index in [1.54, 1.807) is 5.56 Å². The van der Waals surface area contributed by atoms with Crippen molar-refractivity contribution in [2.24, 2.45) is 0 Å². The Morgan fingerprint density at radius 3 is 1.96 bits per heavy atom. The third-order valence-corrected chi connectivity index (χ3v) is 5.44. The average molecular weight is 666 g/mol. The number of unbranched alkanes of at least 4 members (excludes halogenated alkanes) is 1. The number of hydrogen-bond donors (Lipinski definition) is 0. The Labute approximate surface area is 196 Å². The van der Waals surface area contributed by atoms with Crippen molar-refractivity contribution < 1.29 is 14.9 Å². The van der Waals surface area contributed by atoms with Gasteiger partial charge in [-0.2, -0.15) is 33.9 Å². The topological polar surface area (TPSA) is 0 Å². The van der Waals surface area contributed by atoms with Gasteiger partial charge in [-0.05, 0) is 6.42 Å². The van der Waals surface area contributed by atoms with Crippen LogP contribution in [0.2, 0.25) is 0 Å². The first kappa shape index (κ1) is 25.6. The summed E-state index contributed by atoms with van der Waals surface area (Å²) in [6.07, 6.45) is 4.98. The number of fused-ring (bicyclic) bond motifs is 1. The number of hydrogen-bond acceptors (Lipinski definition) is 0. The molecule has 0 amide bonds. The Balaban J connectivity index is 0.000000239. The summed E-state index contributed by atoms with van der Waals surface area (Å²) in [5, 5.41) is 2.77. The van der Waals surface area contributed by atoms with Crippen molar-refractivity contribution in [2.75, 3.05) is 0 Å². The van der Waals surface area contributed by atoms with Crippen LogP contribution in [-0.2, 0) is 27.7 Å². The molecule has 0 nitrogen and oxygen atoms in total. The molecule has 0 aliphatic carbocycles. The van der Waals surface area contributed by atoms with Crippen molar-refractivity contribution in [2.45, 2.75) is 67.2 Å². The van der Waals surface area contributed by atoms with Crippen LogP contribution in [0.5, 0.6) is 0 Å². The van der Waals surface area contributed by atoms with Gasteiger partial charge in [0, 0.05) is 0 Å². The maximum atomic E-state index is 2.45. The minimum atomic E-state index is 0.170. The maximum absolute atomic E-state index is 2.45. The van der Waals surface area contributed by atoms with E-state index < -0.39 is 0 Å². The summed E-state index contributed by atoms with van der Waals surface area (Å²) < 4.78 is 0. The molecule has 0 aliphatic rings. The molecule has 0 radical (unpaired) electrons. The van der Waals surface area contributed by atoms with E-state index in [0.29, 0.717) is 0 Å². The summed E-state index contributed by atoms with van der Waals surface area (Å²) in [7, 11) is 0. The molecule has 0 bridgehead atoms. The number of aryl methyl sites for hydroxylation is 1. The average Bonchev–Trinajstić information content (AvgIpc) is 3.16. The van der Waals surface area contributed by atoms with Gasteiger partial charge in [0.2, 0.25) is 0 Å². The molecule has 3 aromatic carbocycles. The Bertz CT molecular complexity index is 753. The predicted octanol–water partition coefficient (Wildman–Crippen LogP) is 8.87. The van der Waals surface area contributed by atoms with E-state index in [4.69, 9.17) is 0 Å². The Kier molecular flexibility index (Phi) is 13.0. The molecule has 0 unspecified atom stereocenters. The molecule has 0 saturated carbocycles. The van der Waals surface area contributed by atoms with E-state index in [-0.39, 0.29) is 14.9 Å². The third kappa shape index (κ3) is 7.70. The van der Waals surface area contributed by atoms with Gasteiger partial charge in [-0.3, -0.25) is 0 Å². The monoisotopic (exact) mass is 664 g/mol. The van der Waals surface area contributed by atoms with E-state index in [9.17, 15) is 0 Å². The van der Waals surface area contributed by atoms with Gasteiger partial charge in [0.1, 0.15) is 0 Å². The molecule has 3 heteroatoms. The molecule has 3 rings (SSSR count). The van der Waals surface area contributed by atoms with E-state index in [1.165, 1.54) is 64.3 Å². The fourth-order valence-corrected chi connectivity index (χ4v) is 3.57. The summed E-state index contributed by atoms with van der Waals surface area (Å²) in [5.74, 6) is 0. The van der Waals surface area contributed by atoms with Crippen LogP contribution in [0.15, 0.2) is 36.4 Å². The Hall–Kier alpha value is 0.523. The van der Waals surface area contributed by atoms with Crippen molar-refractivity contribution >= 4 is 46.9 Å². The van der Waals surface area contributed by atoms with E-state index in [0.717, 1.165) is 0 Å². The van der Waals surface area contributed by atoms with Gasteiger partial charge in [-0.25, -0.2) is 0 Å². The van der Waals surface area contributed by atoms with Crippen molar-refractivity contribution in [1.29, 1.82) is 0 Å². The molecule has 27 heavy (non-hydrogen) atoms. The minimum absolute atomic E-state index is 0.170. The van der Waals surface area contributed by atoms with Gasteiger partial charge in [0.25, 0.3) is 0 Å². The molecular formula is C24H32I2Zr. The predicted molar refractivity (Wildman–Crippen MR) is 137 cm³/mol. The van der Waals surface area contributed by atoms with Crippen LogP contribution in [0.25, 0.3) is 10.8 Å². The van der Waals surface area contributed by atoms with Crippen LogP contribution < -0.4 is 0 Å². The van der Waals surface area contributed by atoms with Gasteiger partial charge < -0.3 is 0 Å². The van der Waals surface area contributed by atoms with Gasteiger partial charge in [0.15, 0.2) is 0 Å². The summed E-state index contributed by atoms with van der Waals surface area (Å²) in [6.45, 7) is 13.4. The van der Waals surface area contributed by atoms with Gasteiger partial charge in [-0.15, -0.1) is 40.6 Å². The normalized spacial score (nSPS) is 9.93. The summed E-state index contributed by atoms with van der Waals surface area (Å²) in [5.41, 5.74) is 9.02. The quantitative estimate of drug-likeness (QED) is 0.193. The first-order chi connectivity index (χ1) is 12.9. The fourth-order valence-electron chi connectivity index (χ4n) is 3.57. The van der Waals surface area contributed by atoms with Crippen LogP contribution in [-0.4, -0.2) is 0 Å². The Morgan fingerprint density at radius 2 is 1.52 bits per heavy atom. The standard InChI is InChI=1S/C13H15.C11H17.2HI.Zr/c1-2-3-6-11-9-12-7-4-5-8-13(12)10-11;1-6-11-9(4)7(2)8(3)10(11)5;;;/h4-5,7-10H,2-3,6H2,1H3;6H2,1-5H3;2*1H;/q2*-1;;;+4/p-2. The molecule has 0 aromatic heterocycles. The number of halogens is 2. The fraction of sp³-hybridized carbons (Fsp3) is 0.417. The second kappa shape index (κ2) is 13.7. The molecule has 0 fully saturated rings. The van der Waals surface area contributed by atoms with Crippen molar-refractivity contribution in [3.8, 4) is 0 Å². The van der Waals surface area contributed by atoms with Crippen molar-refractivity contribution in [3.63, 3.8) is 0 Å². The number of rotatable bonds is 4. The molecule has 0 heterocycles. The van der Waals surface area contributed by atoms with Crippen LogP contribution in [0.4, 0.5) is 0 Å². The summed E-state index contributed by atoms with van der Waals surface area (Å²) in [6, 6.07) is 13.2. The molecule has 0 aliphatic heterocycles. The van der Waals surface area contributed by atoms with Gasteiger partial charge in [0.05, 0.1) is 0 Å². The summed E-state index contributed by atoms with van der Waals surface area (Å²) >= 11 is 5.06. The zero-order valence-electron chi connectivity index (χ0n) is 17.5. The van der Waals surface area contributed by atoms with Gasteiger partial charge >= 0.3 is 50.9 Å². The number of benzene rings is 1. The van der Waals surface area contributed by atoms with Crippen LogP contribution in [0.3, 0.4) is 0 Å². The van der Waals surface area contributed by atoms with E-state index in [1.807, 2.05) is 0 Å². The molecular weight excluding hydrogens is 633 g/mol. The first-order valence-corrected chi connectivity index (χ1v) is 24.4. The second-order valence-electron chi connectivity index (χ2n) is 7.00. The SMILES string of the molecule is CCCCc1cc2ccccc2[cH-]1.CC[c-]1c(C)c(C)c(C)c1C.[I][Zr+2][I]. The zero-order valence-corrected chi connectivity index (χ0v) is 24.3. The van der Waals surface area contributed by atoms with Crippen molar-refractivity contribution in [1.82, 2.24) is 0 Å². The second-order valence-corrected chi connectivity index (χ2v) is 25.9. The molecule has 3 aromatic rings. The third-order valence-electron chi connectivity index (χ3n) is 5.44. The molecule has 0 saturated heterocycles. The van der Waals surface area contributed by atoms with Crippen LogP contribution in [0.1, 0.15) is 60.1 Å². The molecule has 0 N–H and O–H groups in total. The summed E-state index contributed by atoms with van der Waals surface area (Å²) in [4.78, 5) is 0. The Morgan fingerprint density at radius 1 is 0.963 bits per heavy atom. The molecule has 0 spiro atoms. The first-order valence-electron chi connectivity index (χ1n) is 9.73. The van der Waals surface area contributed by atoms with E-state index in [2.05, 4.69) is 114 Å². The zero-order chi connectivity index (χ0) is 20.4. The van der Waals surface area contributed by atoms with Gasteiger partial charge in [-0.1, -0.05) is 66.9 Å². The molecule has 0 atom stereocenters. The van der Waals surface area contributed by atoms with Crippen molar-refractivity contribution in [3.05, 3.63) is 69.8 Å².